The molecular weight excluding hydrogens is 322 g/mol. The van der Waals surface area contributed by atoms with Gasteiger partial charge in [-0.3, -0.25) is 13.9 Å². The summed E-state index contributed by atoms with van der Waals surface area (Å²) in [5.41, 5.74) is 0.264. The third-order valence-electron chi connectivity index (χ3n) is 4.46. The van der Waals surface area contributed by atoms with E-state index in [1.54, 1.807) is 7.05 Å². The maximum Gasteiger partial charge on any atom is 0.332 e. The van der Waals surface area contributed by atoms with Gasteiger partial charge in [0.1, 0.15) is 11.6 Å². The molecule has 0 aromatic carbocycles. The van der Waals surface area contributed by atoms with E-state index in [0.717, 1.165) is 29.0 Å². The van der Waals surface area contributed by atoms with Crippen molar-refractivity contribution in [3.05, 3.63) is 38.7 Å². The van der Waals surface area contributed by atoms with Crippen LogP contribution in [0.1, 0.15) is 12.1 Å². The van der Waals surface area contributed by atoms with Gasteiger partial charge >= 0.3 is 5.69 Å². The Balaban J connectivity index is 1.78. The molecule has 134 valence electrons. The Morgan fingerprint density at radius 1 is 1.16 bits per heavy atom. The molecule has 0 bridgehead atoms. The highest BCUT2D eigenvalue weighted by Crippen LogP contribution is 2.20. The monoisotopic (exact) mass is 345 g/mol. The Hall–Kier alpha value is -2.84. The standard InChI is InChI=1S/C16H23N7O2/c1-10-7-12(17-2)20-15(18-10)19-11-5-6-23(9-11)13-8-14(24)22(4)16(25)21(13)3/h7-8,11H,5-6,9H2,1-4H3,(H2,17,18,19,20)/t11-/m1/s1. The largest absolute Gasteiger partial charge is 0.373 e. The molecule has 0 aliphatic carbocycles. The number of aromatic nitrogens is 4. The van der Waals surface area contributed by atoms with E-state index in [2.05, 4.69) is 20.6 Å². The highest BCUT2D eigenvalue weighted by Gasteiger charge is 2.25. The molecular formula is C16H23N7O2. The predicted molar refractivity (Wildman–Crippen MR) is 97.5 cm³/mol. The van der Waals surface area contributed by atoms with Crippen LogP contribution in [0.2, 0.25) is 0 Å². The van der Waals surface area contributed by atoms with Crippen molar-refractivity contribution in [1.82, 2.24) is 19.1 Å². The molecule has 2 aromatic rings. The summed E-state index contributed by atoms with van der Waals surface area (Å²) >= 11 is 0. The van der Waals surface area contributed by atoms with Crippen LogP contribution in [0.4, 0.5) is 17.6 Å². The van der Waals surface area contributed by atoms with Gasteiger partial charge in [-0.1, -0.05) is 0 Å². The van der Waals surface area contributed by atoms with Crippen LogP contribution in [0.3, 0.4) is 0 Å². The summed E-state index contributed by atoms with van der Waals surface area (Å²) < 4.78 is 2.61. The van der Waals surface area contributed by atoms with Gasteiger partial charge in [0.2, 0.25) is 5.95 Å². The number of aryl methyl sites for hydroxylation is 1. The number of nitrogens with one attached hydrogen (secondary N) is 2. The van der Waals surface area contributed by atoms with Crippen molar-refractivity contribution in [2.45, 2.75) is 19.4 Å². The van der Waals surface area contributed by atoms with Crippen LogP contribution in [-0.4, -0.2) is 45.3 Å². The lowest BCUT2D eigenvalue weighted by Crippen LogP contribution is -2.40. The third kappa shape index (κ3) is 3.35. The van der Waals surface area contributed by atoms with Crippen LogP contribution in [-0.2, 0) is 14.1 Å². The van der Waals surface area contributed by atoms with E-state index in [0.29, 0.717) is 18.3 Å². The summed E-state index contributed by atoms with van der Waals surface area (Å²) in [6.45, 7) is 3.35. The lowest BCUT2D eigenvalue weighted by molar-refractivity contribution is 0.672. The van der Waals surface area contributed by atoms with Gasteiger partial charge in [0.05, 0.1) is 0 Å². The summed E-state index contributed by atoms with van der Waals surface area (Å²) in [6, 6.07) is 3.53. The minimum Gasteiger partial charge on any atom is -0.373 e. The lowest BCUT2D eigenvalue weighted by atomic mass is 10.3. The Labute approximate surface area is 145 Å². The van der Waals surface area contributed by atoms with E-state index in [1.807, 2.05) is 24.9 Å². The fourth-order valence-corrected chi connectivity index (χ4v) is 3.05. The van der Waals surface area contributed by atoms with Crippen molar-refractivity contribution in [2.75, 3.05) is 35.7 Å². The second-order valence-corrected chi connectivity index (χ2v) is 6.29. The van der Waals surface area contributed by atoms with Gasteiger partial charge in [-0.2, -0.15) is 4.98 Å². The van der Waals surface area contributed by atoms with Crippen molar-refractivity contribution >= 4 is 17.6 Å². The zero-order chi connectivity index (χ0) is 18.1. The van der Waals surface area contributed by atoms with E-state index in [4.69, 9.17) is 0 Å². The van der Waals surface area contributed by atoms with Crippen molar-refractivity contribution in [2.24, 2.45) is 14.1 Å². The molecule has 0 amide bonds. The molecule has 1 aliphatic heterocycles. The number of hydrogen-bond acceptors (Lipinski definition) is 7. The van der Waals surface area contributed by atoms with Gasteiger partial charge < -0.3 is 15.5 Å². The van der Waals surface area contributed by atoms with Crippen LogP contribution < -0.4 is 26.8 Å². The van der Waals surface area contributed by atoms with Crippen molar-refractivity contribution < 1.29 is 0 Å². The molecule has 1 fully saturated rings. The van der Waals surface area contributed by atoms with Gasteiger partial charge in [0, 0.05) is 58.1 Å². The first-order valence-electron chi connectivity index (χ1n) is 8.21. The van der Waals surface area contributed by atoms with Gasteiger partial charge in [0.15, 0.2) is 0 Å². The summed E-state index contributed by atoms with van der Waals surface area (Å²) in [5.74, 6) is 1.98. The first-order valence-corrected chi connectivity index (χ1v) is 8.21. The van der Waals surface area contributed by atoms with E-state index < -0.39 is 0 Å². The topological polar surface area (TPSA) is 97.1 Å². The third-order valence-corrected chi connectivity index (χ3v) is 4.46. The molecule has 3 rings (SSSR count). The van der Waals surface area contributed by atoms with Gasteiger partial charge in [-0.05, 0) is 13.3 Å². The summed E-state index contributed by atoms with van der Waals surface area (Å²) in [4.78, 5) is 34.9. The maximum atomic E-state index is 12.1. The Kier molecular flexibility index (Phi) is 4.47. The molecule has 0 radical (unpaired) electrons. The van der Waals surface area contributed by atoms with Gasteiger partial charge in [0.25, 0.3) is 5.56 Å². The molecule has 9 heteroatoms. The number of rotatable bonds is 4. The fourth-order valence-electron chi connectivity index (χ4n) is 3.05. The molecule has 3 heterocycles. The summed E-state index contributed by atoms with van der Waals surface area (Å²) in [6.07, 6.45) is 0.871. The Morgan fingerprint density at radius 2 is 1.92 bits per heavy atom. The Bertz CT molecular complexity index is 902. The normalized spacial score (nSPS) is 17.0. The van der Waals surface area contributed by atoms with Gasteiger partial charge in [-0.25, -0.2) is 9.78 Å². The molecule has 2 aromatic heterocycles. The molecule has 9 nitrogen and oxygen atoms in total. The fraction of sp³-hybridized carbons (Fsp3) is 0.500. The number of nitrogens with zero attached hydrogens (tertiary/aromatic N) is 5. The zero-order valence-corrected chi connectivity index (χ0v) is 14.9. The molecule has 1 saturated heterocycles. The highest BCUT2D eigenvalue weighted by molar-refractivity contribution is 5.44. The zero-order valence-electron chi connectivity index (χ0n) is 14.9. The molecule has 1 atom stereocenters. The molecule has 0 spiro atoms. The van der Waals surface area contributed by atoms with Gasteiger partial charge in [-0.15, -0.1) is 0 Å². The predicted octanol–water partition coefficient (Wildman–Crippen LogP) is -0.0851. The molecule has 0 unspecified atom stereocenters. The van der Waals surface area contributed by atoms with Crippen molar-refractivity contribution in [3.63, 3.8) is 0 Å². The second-order valence-electron chi connectivity index (χ2n) is 6.29. The van der Waals surface area contributed by atoms with Crippen molar-refractivity contribution in [3.8, 4) is 0 Å². The van der Waals surface area contributed by atoms with Crippen LogP contribution in [0.25, 0.3) is 0 Å². The van der Waals surface area contributed by atoms with Crippen LogP contribution in [0, 0.1) is 6.92 Å². The lowest BCUT2D eigenvalue weighted by Gasteiger charge is -2.21. The van der Waals surface area contributed by atoms with E-state index in [-0.39, 0.29) is 17.3 Å². The van der Waals surface area contributed by atoms with Crippen LogP contribution in [0.5, 0.6) is 0 Å². The van der Waals surface area contributed by atoms with E-state index in [1.165, 1.54) is 17.7 Å². The number of hydrogen-bond donors (Lipinski definition) is 2. The number of anilines is 3. The minimum absolute atomic E-state index is 0.144. The maximum absolute atomic E-state index is 12.1. The summed E-state index contributed by atoms with van der Waals surface area (Å²) in [7, 11) is 4.98. The van der Waals surface area contributed by atoms with Crippen molar-refractivity contribution in [1.29, 1.82) is 0 Å². The molecule has 0 saturated carbocycles. The first kappa shape index (κ1) is 17.0. The van der Waals surface area contributed by atoms with E-state index in [9.17, 15) is 9.59 Å². The quantitative estimate of drug-likeness (QED) is 0.799. The highest BCUT2D eigenvalue weighted by atomic mass is 16.2. The SMILES string of the molecule is CNc1cc(C)nc(N[C@@H]2CCN(c3cc(=O)n(C)c(=O)n3C)C2)n1. The molecule has 1 aliphatic rings. The second kappa shape index (κ2) is 6.58. The molecule has 25 heavy (non-hydrogen) atoms. The smallest absolute Gasteiger partial charge is 0.332 e. The summed E-state index contributed by atoms with van der Waals surface area (Å²) in [5, 5.41) is 6.36. The van der Waals surface area contributed by atoms with Crippen LogP contribution >= 0.6 is 0 Å². The molecule has 2 N–H and O–H groups in total. The average Bonchev–Trinajstić information content (AvgIpc) is 3.03. The minimum atomic E-state index is -0.320. The average molecular weight is 345 g/mol. The van der Waals surface area contributed by atoms with E-state index >= 15 is 0 Å². The first-order chi connectivity index (χ1) is 11.9. The Morgan fingerprint density at radius 3 is 2.64 bits per heavy atom. The van der Waals surface area contributed by atoms with Crippen LogP contribution in [0.15, 0.2) is 21.7 Å².